The second-order valence-corrected chi connectivity index (χ2v) is 5.58. The molecule has 0 unspecified atom stereocenters. The van der Waals surface area contributed by atoms with Gasteiger partial charge in [-0.1, -0.05) is 0 Å². The monoisotopic (exact) mass is 259 g/mol. The molecule has 17 heavy (non-hydrogen) atoms. The van der Waals surface area contributed by atoms with Gasteiger partial charge in [-0.3, -0.25) is 0 Å². The first-order valence-corrected chi connectivity index (χ1v) is 7.16. The van der Waals surface area contributed by atoms with Gasteiger partial charge in [-0.05, 0) is 24.3 Å². The smallest absolute Gasteiger partial charge is 0.175 e. The van der Waals surface area contributed by atoms with E-state index in [9.17, 15) is 8.42 Å². The molecule has 0 spiro atoms. The minimum atomic E-state index is -3.13. The van der Waals surface area contributed by atoms with Crippen LogP contribution in [0.5, 0.6) is 0 Å². The van der Waals surface area contributed by atoms with Crippen LogP contribution in [0.15, 0.2) is 29.2 Å². The number of nitrogens with one attached hydrogen (secondary N) is 1. The summed E-state index contributed by atoms with van der Waals surface area (Å²) >= 11 is 0. The number of benzene rings is 1. The maximum atomic E-state index is 11.2. The summed E-state index contributed by atoms with van der Waals surface area (Å²) in [6, 6.07) is 6.54. The van der Waals surface area contributed by atoms with Crippen molar-refractivity contribution in [2.75, 3.05) is 37.9 Å². The number of ether oxygens (including phenoxy) is 1. The lowest BCUT2D eigenvalue weighted by atomic mass is 10.3. The predicted molar refractivity (Wildman–Crippen MR) is 65.9 cm³/mol. The maximum absolute atomic E-state index is 11.2. The van der Waals surface area contributed by atoms with Crippen molar-refractivity contribution in [2.24, 2.45) is 0 Å². The average molecular weight is 259 g/mol. The van der Waals surface area contributed by atoms with Crippen LogP contribution in [-0.2, 0) is 14.6 Å². The summed E-state index contributed by atoms with van der Waals surface area (Å²) in [4.78, 5) is 0.305. The molecule has 0 atom stereocenters. The third-order valence-corrected chi connectivity index (χ3v) is 3.22. The molecule has 0 aliphatic carbocycles. The summed E-state index contributed by atoms with van der Waals surface area (Å²) in [7, 11) is -3.13. The van der Waals surface area contributed by atoms with Crippen molar-refractivity contribution in [3.63, 3.8) is 0 Å². The number of aliphatic hydroxyl groups excluding tert-OH is 1. The van der Waals surface area contributed by atoms with E-state index in [0.29, 0.717) is 24.7 Å². The van der Waals surface area contributed by atoms with Crippen LogP contribution in [0.2, 0.25) is 0 Å². The quantitative estimate of drug-likeness (QED) is 0.698. The Kier molecular flexibility index (Phi) is 5.40. The van der Waals surface area contributed by atoms with E-state index in [1.165, 1.54) is 6.26 Å². The van der Waals surface area contributed by atoms with Gasteiger partial charge in [0.05, 0.1) is 24.7 Å². The fourth-order valence-electron chi connectivity index (χ4n) is 1.25. The molecule has 96 valence electrons. The highest BCUT2D eigenvalue weighted by Crippen LogP contribution is 2.13. The Labute approximate surface area is 101 Å². The van der Waals surface area contributed by atoms with Crippen molar-refractivity contribution in [3.8, 4) is 0 Å². The summed E-state index contributed by atoms with van der Waals surface area (Å²) < 4.78 is 27.5. The van der Waals surface area contributed by atoms with E-state index in [2.05, 4.69) is 5.32 Å². The molecule has 6 heteroatoms. The molecule has 1 aromatic carbocycles. The van der Waals surface area contributed by atoms with E-state index in [1.807, 2.05) is 0 Å². The van der Waals surface area contributed by atoms with Gasteiger partial charge in [0.2, 0.25) is 0 Å². The molecule has 0 radical (unpaired) electrons. The van der Waals surface area contributed by atoms with Crippen molar-refractivity contribution in [3.05, 3.63) is 24.3 Å². The Morgan fingerprint density at radius 1 is 1.24 bits per heavy atom. The molecule has 0 saturated heterocycles. The summed E-state index contributed by atoms with van der Waals surface area (Å²) in [6.45, 7) is 1.45. The van der Waals surface area contributed by atoms with Gasteiger partial charge in [-0.25, -0.2) is 8.42 Å². The van der Waals surface area contributed by atoms with E-state index >= 15 is 0 Å². The molecule has 0 aliphatic heterocycles. The molecule has 1 rings (SSSR count). The van der Waals surface area contributed by atoms with Crippen molar-refractivity contribution in [1.82, 2.24) is 0 Å². The molecule has 0 bridgehead atoms. The molecular weight excluding hydrogens is 242 g/mol. The van der Waals surface area contributed by atoms with Gasteiger partial charge < -0.3 is 15.2 Å². The number of hydrogen-bond donors (Lipinski definition) is 2. The zero-order chi connectivity index (χ0) is 12.7. The standard InChI is InChI=1S/C11H17NO4S/c1-17(14,15)11-4-2-10(3-5-11)12-6-8-16-9-7-13/h2-5,12-13H,6-9H2,1H3. The van der Waals surface area contributed by atoms with Crippen molar-refractivity contribution in [2.45, 2.75) is 4.90 Å². The Hall–Kier alpha value is -1.11. The maximum Gasteiger partial charge on any atom is 0.175 e. The minimum absolute atomic E-state index is 0.0169. The SMILES string of the molecule is CS(=O)(=O)c1ccc(NCCOCCO)cc1. The molecule has 0 aliphatic rings. The van der Waals surface area contributed by atoms with Crippen molar-refractivity contribution in [1.29, 1.82) is 0 Å². The molecular formula is C11H17NO4S. The number of anilines is 1. The minimum Gasteiger partial charge on any atom is -0.394 e. The zero-order valence-electron chi connectivity index (χ0n) is 9.72. The third-order valence-electron chi connectivity index (χ3n) is 2.09. The van der Waals surface area contributed by atoms with Crippen molar-refractivity contribution < 1.29 is 18.3 Å². The molecule has 0 amide bonds. The Balaban J connectivity index is 2.41. The molecule has 0 fully saturated rings. The first kappa shape index (κ1) is 14.0. The van der Waals surface area contributed by atoms with Gasteiger partial charge in [-0.2, -0.15) is 0 Å². The third kappa shape index (κ3) is 5.16. The van der Waals surface area contributed by atoms with Gasteiger partial charge in [0.15, 0.2) is 9.84 Å². The molecule has 0 saturated carbocycles. The second kappa shape index (κ2) is 6.58. The first-order chi connectivity index (χ1) is 8.04. The van der Waals surface area contributed by atoms with E-state index < -0.39 is 9.84 Å². The van der Waals surface area contributed by atoms with E-state index in [1.54, 1.807) is 24.3 Å². The van der Waals surface area contributed by atoms with E-state index in [0.717, 1.165) is 5.69 Å². The van der Waals surface area contributed by atoms with Crippen LogP contribution in [0, 0.1) is 0 Å². The number of sulfone groups is 1. The van der Waals surface area contributed by atoms with Crippen LogP contribution in [0.3, 0.4) is 0 Å². The summed E-state index contributed by atoms with van der Waals surface area (Å²) in [5.41, 5.74) is 0.838. The van der Waals surface area contributed by atoms with Crippen LogP contribution in [0.25, 0.3) is 0 Å². The van der Waals surface area contributed by atoms with Gasteiger partial charge in [0, 0.05) is 18.5 Å². The Morgan fingerprint density at radius 3 is 2.41 bits per heavy atom. The zero-order valence-corrected chi connectivity index (χ0v) is 10.5. The predicted octanol–water partition coefficient (Wildman–Crippen LogP) is 0.511. The highest BCUT2D eigenvalue weighted by atomic mass is 32.2. The van der Waals surface area contributed by atoms with Gasteiger partial charge >= 0.3 is 0 Å². The van der Waals surface area contributed by atoms with Gasteiger partial charge in [0.25, 0.3) is 0 Å². The molecule has 5 nitrogen and oxygen atoms in total. The first-order valence-electron chi connectivity index (χ1n) is 5.26. The topological polar surface area (TPSA) is 75.6 Å². The van der Waals surface area contributed by atoms with Crippen LogP contribution >= 0.6 is 0 Å². The fraction of sp³-hybridized carbons (Fsp3) is 0.455. The van der Waals surface area contributed by atoms with Crippen LogP contribution in [0.4, 0.5) is 5.69 Å². The van der Waals surface area contributed by atoms with Crippen LogP contribution in [-0.4, -0.2) is 46.1 Å². The van der Waals surface area contributed by atoms with E-state index in [-0.39, 0.29) is 6.61 Å². The molecule has 2 N–H and O–H groups in total. The Bertz CT molecular complexity index is 427. The van der Waals surface area contributed by atoms with Gasteiger partial charge in [-0.15, -0.1) is 0 Å². The highest BCUT2D eigenvalue weighted by molar-refractivity contribution is 7.90. The van der Waals surface area contributed by atoms with Crippen LogP contribution < -0.4 is 5.32 Å². The molecule has 0 aromatic heterocycles. The largest absolute Gasteiger partial charge is 0.394 e. The van der Waals surface area contributed by atoms with Crippen molar-refractivity contribution >= 4 is 15.5 Å². The molecule has 1 aromatic rings. The fourth-order valence-corrected chi connectivity index (χ4v) is 1.88. The lowest BCUT2D eigenvalue weighted by molar-refractivity contribution is 0.0992. The van der Waals surface area contributed by atoms with Crippen LogP contribution in [0.1, 0.15) is 0 Å². The normalized spacial score (nSPS) is 11.4. The molecule has 0 heterocycles. The second-order valence-electron chi connectivity index (χ2n) is 3.56. The summed E-state index contributed by atoms with van der Waals surface area (Å²) in [5.74, 6) is 0. The summed E-state index contributed by atoms with van der Waals surface area (Å²) in [5, 5.41) is 11.6. The number of rotatable bonds is 7. The highest BCUT2D eigenvalue weighted by Gasteiger charge is 2.05. The lowest BCUT2D eigenvalue weighted by Crippen LogP contribution is -2.11. The average Bonchev–Trinajstić information content (AvgIpc) is 2.28. The van der Waals surface area contributed by atoms with E-state index in [4.69, 9.17) is 9.84 Å². The van der Waals surface area contributed by atoms with Gasteiger partial charge in [0.1, 0.15) is 0 Å². The number of hydrogen-bond acceptors (Lipinski definition) is 5. The lowest BCUT2D eigenvalue weighted by Gasteiger charge is -2.07. The Morgan fingerprint density at radius 2 is 1.88 bits per heavy atom. The number of aliphatic hydroxyl groups is 1. The summed E-state index contributed by atoms with van der Waals surface area (Å²) in [6.07, 6.45) is 1.18.